The van der Waals surface area contributed by atoms with Crippen molar-refractivity contribution in [3.8, 4) is 0 Å². The van der Waals surface area contributed by atoms with Gasteiger partial charge in [0.15, 0.2) is 0 Å². The molecule has 0 aliphatic carbocycles. The van der Waals surface area contributed by atoms with Gasteiger partial charge in [0, 0.05) is 6.04 Å². The van der Waals surface area contributed by atoms with Crippen LogP contribution in [0.4, 0.5) is 4.39 Å². The Hall–Kier alpha value is -0.930. The van der Waals surface area contributed by atoms with Crippen molar-refractivity contribution >= 4 is 0 Å². The fourth-order valence-corrected chi connectivity index (χ4v) is 2.14. The van der Waals surface area contributed by atoms with Crippen molar-refractivity contribution < 1.29 is 4.39 Å². The molecule has 0 atom stereocenters. The number of benzene rings is 1. The number of rotatable bonds is 4. The second-order valence-electron chi connectivity index (χ2n) is 4.32. The molecule has 1 aromatic carbocycles. The van der Waals surface area contributed by atoms with Crippen molar-refractivity contribution in [3.63, 3.8) is 0 Å². The zero-order valence-electron chi connectivity index (χ0n) is 9.51. The van der Waals surface area contributed by atoms with E-state index in [4.69, 9.17) is 0 Å². The summed E-state index contributed by atoms with van der Waals surface area (Å²) in [4.78, 5) is 0. The first-order valence-corrected chi connectivity index (χ1v) is 6.04. The third-order valence-electron chi connectivity index (χ3n) is 3.12. The Kier molecular flexibility index (Phi) is 4.31. The highest BCUT2D eigenvalue weighted by Gasteiger charge is 2.11. The molecule has 1 saturated heterocycles. The quantitative estimate of drug-likeness (QED) is 0.810. The summed E-state index contributed by atoms with van der Waals surface area (Å²) >= 11 is 0. The topological polar surface area (TPSA) is 24.1 Å². The molecule has 3 heteroatoms. The van der Waals surface area contributed by atoms with Crippen molar-refractivity contribution in [1.82, 2.24) is 10.6 Å². The molecule has 0 spiro atoms. The molecule has 2 rings (SSSR count). The van der Waals surface area contributed by atoms with E-state index in [2.05, 4.69) is 10.6 Å². The number of hydrogen-bond donors (Lipinski definition) is 2. The van der Waals surface area contributed by atoms with Gasteiger partial charge in [-0.2, -0.15) is 0 Å². The summed E-state index contributed by atoms with van der Waals surface area (Å²) in [6.07, 6.45) is 3.13. The molecule has 0 aromatic heterocycles. The Morgan fingerprint density at radius 2 is 2.00 bits per heavy atom. The lowest BCUT2D eigenvalue weighted by atomic mass is 10.1. The monoisotopic (exact) mass is 222 g/mol. The minimum Gasteiger partial charge on any atom is -0.317 e. The van der Waals surface area contributed by atoms with Gasteiger partial charge >= 0.3 is 0 Å². The minimum absolute atomic E-state index is 0.0883. The molecule has 0 unspecified atom stereocenters. The summed E-state index contributed by atoms with van der Waals surface area (Å²) in [5.41, 5.74) is 0.809. The summed E-state index contributed by atoms with van der Waals surface area (Å²) in [6.45, 7) is 3.06. The highest BCUT2D eigenvalue weighted by Crippen LogP contribution is 2.07. The third-order valence-corrected chi connectivity index (χ3v) is 3.12. The van der Waals surface area contributed by atoms with Crippen LogP contribution in [0.1, 0.15) is 18.4 Å². The van der Waals surface area contributed by atoms with Crippen LogP contribution in [0.3, 0.4) is 0 Å². The zero-order valence-corrected chi connectivity index (χ0v) is 9.51. The molecule has 0 saturated carbocycles. The SMILES string of the molecule is Fc1ccccc1CCNC1CCNCC1. The molecule has 2 nitrogen and oxygen atoms in total. The molecule has 2 N–H and O–H groups in total. The van der Waals surface area contributed by atoms with Gasteiger partial charge in [-0.1, -0.05) is 18.2 Å². The molecular formula is C13H19FN2. The van der Waals surface area contributed by atoms with E-state index >= 15 is 0 Å². The van der Waals surface area contributed by atoms with Crippen molar-refractivity contribution in [1.29, 1.82) is 0 Å². The van der Waals surface area contributed by atoms with Gasteiger partial charge in [0.2, 0.25) is 0 Å². The Bertz CT molecular complexity index is 321. The summed E-state index contributed by atoms with van der Waals surface area (Å²) in [7, 11) is 0. The zero-order chi connectivity index (χ0) is 11.2. The summed E-state index contributed by atoms with van der Waals surface area (Å²) in [5, 5.41) is 6.82. The fourth-order valence-electron chi connectivity index (χ4n) is 2.14. The van der Waals surface area contributed by atoms with Gasteiger partial charge in [0.05, 0.1) is 0 Å². The van der Waals surface area contributed by atoms with E-state index in [0.717, 1.165) is 31.6 Å². The lowest BCUT2D eigenvalue weighted by Crippen LogP contribution is -2.40. The van der Waals surface area contributed by atoms with Gasteiger partial charge in [-0.3, -0.25) is 0 Å². The molecule has 1 aliphatic heterocycles. The van der Waals surface area contributed by atoms with Crippen LogP contribution in [-0.4, -0.2) is 25.7 Å². The van der Waals surface area contributed by atoms with E-state index in [9.17, 15) is 4.39 Å². The van der Waals surface area contributed by atoms with Crippen molar-refractivity contribution in [3.05, 3.63) is 35.6 Å². The lowest BCUT2D eigenvalue weighted by Gasteiger charge is -2.23. The normalized spacial score (nSPS) is 17.6. The minimum atomic E-state index is -0.0883. The molecule has 1 aliphatic rings. The summed E-state index contributed by atoms with van der Waals surface area (Å²) < 4.78 is 13.3. The number of nitrogens with one attached hydrogen (secondary N) is 2. The van der Waals surface area contributed by atoms with E-state index in [1.807, 2.05) is 12.1 Å². The number of hydrogen-bond acceptors (Lipinski definition) is 2. The highest BCUT2D eigenvalue weighted by atomic mass is 19.1. The van der Waals surface area contributed by atoms with E-state index in [1.165, 1.54) is 18.9 Å². The number of halogens is 1. The smallest absolute Gasteiger partial charge is 0.126 e. The average Bonchev–Trinajstić information content (AvgIpc) is 2.33. The van der Waals surface area contributed by atoms with Crippen molar-refractivity contribution in [2.45, 2.75) is 25.3 Å². The van der Waals surface area contributed by atoms with Crippen LogP contribution in [0.2, 0.25) is 0 Å². The number of piperidine rings is 1. The van der Waals surface area contributed by atoms with Gasteiger partial charge in [-0.15, -0.1) is 0 Å². The molecule has 0 amide bonds. The van der Waals surface area contributed by atoms with Crippen LogP contribution in [0.5, 0.6) is 0 Å². The van der Waals surface area contributed by atoms with Crippen LogP contribution in [0.15, 0.2) is 24.3 Å². The Morgan fingerprint density at radius 1 is 1.25 bits per heavy atom. The Labute approximate surface area is 96.2 Å². The van der Waals surface area contributed by atoms with Crippen molar-refractivity contribution in [2.24, 2.45) is 0 Å². The van der Waals surface area contributed by atoms with Crippen LogP contribution < -0.4 is 10.6 Å². The maximum absolute atomic E-state index is 13.3. The summed E-state index contributed by atoms with van der Waals surface area (Å²) in [5.74, 6) is -0.0883. The molecule has 1 aromatic rings. The standard InChI is InChI=1S/C13H19FN2/c14-13-4-2-1-3-11(13)5-10-16-12-6-8-15-9-7-12/h1-4,12,15-16H,5-10H2. The van der Waals surface area contributed by atoms with Crippen LogP contribution in [-0.2, 0) is 6.42 Å². The molecular weight excluding hydrogens is 203 g/mol. The summed E-state index contributed by atoms with van der Waals surface area (Å²) in [6, 6.07) is 7.62. The molecule has 1 fully saturated rings. The first-order chi connectivity index (χ1) is 7.86. The average molecular weight is 222 g/mol. The van der Waals surface area contributed by atoms with Gasteiger partial charge in [0.25, 0.3) is 0 Å². The van der Waals surface area contributed by atoms with Gasteiger partial charge in [-0.05, 0) is 50.5 Å². The van der Waals surface area contributed by atoms with E-state index in [0.29, 0.717) is 6.04 Å². The molecule has 16 heavy (non-hydrogen) atoms. The van der Waals surface area contributed by atoms with Gasteiger partial charge < -0.3 is 10.6 Å². The largest absolute Gasteiger partial charge is 0.317 e. The highest BCUT2D eigenvalue weighted by molar-refractivity contribution is 5.17. The predicted octanol–water partition coefficient (Wildman–Crippen LogP) is 1.71. The second kappa shape index (κ2) is 5.97. The third kappa shape index (κ3) is 3.29. The molecule has 88 valence electrons. The van der Waals surface area contributed by atoms with Crippen LogP contribution in [0, 0.1) is 5.82 Å². The second-order valence-corrected chi connectivity index (χ2v) is 4.32. The molecule has 0 radical (unpaired) electrons. The van der Waals surface area contributed by atoms with Gasteiger partial charge in [-0.25, -0.2) is 4.39 Å². The first kappa shape index (κ1) is 11.6. The van der Waals surface area contributed by atoms with E-state index in [-0.39, 0.29) is 5.82 Å². The molecule has 1 heterocycles. The fraction of sp³-hybridized carbons (Fsp3) is 0.538. The maximum atomic E-state index is 13.3. The van der Waals surface area contributed by atoms with Crippen LogP contribution >= 0.6 is 0 Å². The van der Waals surface area contributed by atoms with Gasteiger partial charge in [0.1, 0.15) is 5.82 Å². The van der Waals surface area contributed by atoms with E-state index < -0.39 is 0 Å². The van der Waals surface area contributed by atoms with Crippen LogP contribution in [0.25, 0.3) is 0 Å². The van der Waals surface area contributed by atoms with E-state index in [1.54, 1.807) is 6.07 Å². The Morgan fingerprint density at radius 3 is 2.75 bits per heavy atom. The maximum Gasteiger partial charge on any atom is 0.126 e. The first-order valence-electron chi connectivity index (χ1n) is 6.04. The Balaban J connectivity index is 1.73. The molecule has 0 bridgehead atoms. The predicted molar refractivity (Wildman–Crippen MR) is 64.0 cm³/mol. The van der Waals surface area contributed by atoms with Crippen molar-refractivity contribution in [2.75, 3.05) is 19.6 Å². The lowest BCUT2D eigenvalue weighted by molar-refractivity contribution is 0.389.